The molecule has 0 saturated heterocycles. The van der Waals surface area contributed by atoms with Gasteiger partial charge in [-0.15, -0.1) is 0 Å². The highest BCUT2D eigenvalue weighted by atomic mass is 35.5. The van der Waals surface area contributed by atoms with Crippen molar-refractivity contribution in [3.8, 4) is 0 Å². The van der Waals surface area contributed by atoms with Gasteiger partial charge in [-0.05, 0) is 19.3 Å². The number of hydrazone groups is 1. The Morgan fingerprint density at radius 3 is 2.48 bits per heavy atom. The van der Waals surface area contributed by atoms with Gasteiger partial charge in [-0.2, -0.15) is 23.4 Å². The number of nitrogens with zero attached hydrogens (tertiary/aromatic N) is 3. The van der Waals surface area contributed by atoms with Crippen LogP contribution in [0.15, 0.2) is 5.10 Å². The van der Waals surface area contributed by atoms with Gasteiger partial charge < -0.3 is 0 Å². The van der Waals surface area contributed by atoms with Crippen LogP contribution >= 0.6 is 11.6 Å². The molecule has 0 aliphatic heterocycles. The maximum atomic E-state index is 12.7. The van der Waals surface area contributed by atoms with Gasteiger partial charge in [0.15, 0.2) is 11.4 Å². The first-order valence-electron chi connectivity index (χ1n) is 6.17. The van der Waals surface area contributed by atoms with Gasteiger partial charge in [-0.1, -0.05) is 25.4 Å². The molecular formula is C12H16ClF3N4O. The van der Waals surface area contributed by atoms with Crippen LogP contribution in [0.4, 0.5) is 13.2 Å². The molecule has 118 valence electrons. The number of hydrogen-bond donors (Lipinski definition) is 1. The number of aryl methyl sites for hydroxylation is 1. The van der Waals surface area contributed by atoms with E-state index in [-0.39, 0.29) is 0 Å². The molecule has 1 amide bonds. The van der Waals surface area contributed by atoms with Crippen LogP contribution in [0.1, 0.15) is 43.4 Å². The molecule has 0 bridgehead atoms. The summed E-state index contributed by atoms with van der Waals surface area (Å²) in [7, 11) is 1.07. The van der Waals surface area contributed by atoms with Gasteiger partial charge in [-0.3, -0.25) is 9.48 Å². The zero-order valence-electron chi connectivity index (χ0n) is 12.0. The molecule has 1 heterocycles. The lowest BCUT2D eigenvalue weighted by atomic mass is 10.1. The maximum Gasteiger partial charge on any atom is 0.434 e. The molecule has 0 atom stereocenters. The minimum Gasteiger partial charge on any atom is -0.265 e. The number of carbonyl (C=O) groups is 1. The molecular weight excluding hydrogens is 309 g/mol. The summed E-state index contributed by atoms with van der Waals surface area (Å²) in [6.45, 7) is 5.67. The molecule has 9 heteroatoms. The monoisotopic (exact) mass is 324 g/mol. The second kappa shape index (κ2) is 6.46. The third-order valence-corrected chi connectivity index (χ3v) is 2.88. The molecule has 0 aliphatic carbocycles. The van der Waals surface area contributed by atoms with Crippen LogP contribution in [-0.4, -0.2) is 21.4 Å². The summed E-state index contributed by atoms with van der Waals surface area (Å²) in [5.74, 6) is -0.532. The van der Waals surface area contributed by atoms with Crippen LogP contribution in [0.5, 0.6) is 0 Å². The van der Waals surface area contributed by atoms with E-state index in [1.54, 1.807) is 6.92 Å². The second-order valence-corrected chi connectivity index (χ2v) is 5.40. The topological polar surface area (TPSA) is 59.3 Å². The Labute approximate surface area is 125 Å². The van der Waals surface area contributed by atoms with Crippen LogP contribution < -0.4 is 5.43 Å². The standard InChI is InChI=1S/C12H16ClF3N4O/c1-6(2)5-7(3)17-18-11(21)9-8(13)10(12(14,15)16)20(4)19-9/h6H,5H2,1-4H3,(H,18,21)/b17-7+. The number of amides is 1. The van der Waals surface area contributed by atoms with E-state index in [1.165, 1.54) is 0 Å². The summed E-state index contributed by atoms with van der Waals surface area (Å²) in [4.78, 5) is 11.8. The number of carbonyl (C=O) groups excluding carboxylic acids is 1. The highest BCUT2D eigenvalue weighted by Crippen LogP contribution is 2.35. The van der Waals surface area contributed by atoms with Gasteiger partial charge in [0.1, 0.15) is 5.02 Å². The van der Waals surface area contributed by atoms with Crippen molar-refractivity contribution in [1.82, 2.24) is 15.2 Å². The molecule has 0 aliphatic rings. The first kappa shape index (κ1) is 17.5. The smallest absolute Gasteiger partial charge is 0.265 e. The lowest BCUT2D eigenvalue weighted by molar-refractivity contribution is -0.143. The third-order valence-electron chi connectivity index (χ3n) is 2.52. The molecule has 21 heavy (non-hydrogen) atoms. The van der Waals surface area contributed by atoms with Gasteiger partial charge in [0.25, 0.3) is 5.91 Å². The minimum absolute atomic E-state index is 0.348. The highest BCUT2D eigenvalue weighted by molar-refractivity contribution is 6.34. The minimum atomic E-state index is -4.69. The van der Waals surface area contributed by atoms with Crippen molar-refractivity contribution in [2.45, 2.75) is 33.4 Å². The van der Waals surface area contributed by atoms with Crippen molar-refractivity contribution in [2.24, 2.45) is 18.1 Å². The molecule has 0 spiro atoms. The van der Waals surface area contributed by atoms with E-state index in [0.717, 1.165) is 7.05 Å². The second-order valence-electron chi connectivity index (χ2n) is 5.02. The fourth-order valence-electron chi connectivity index (χ4n) is 1.79. The van der Waals surface area contributed by atoms with Gasteiger partial charge in [0.2, 0.25) is 0 Å². The lowest BCUT2D eigenvalue weighted by Gasteiger charge is -2.06. The molecule has 0 saturated carbocycles. The number of rotatable bonds is 4. The van der Waals surface area contributed by atoms with Crippen LogP contribution in [0.25, 0.3) is 0 Å². The molecule has 1 aromatic rings. The Kier molecular flexibility index (Phi) is 5.38. The van der Waals surface area contributed by atoms with Gasteiger partial charge in [-0.25, -0.2) is 5.43 Å². The average Bonchev–Trinajstić information content (AvgIpc) is 2.60. The fourth-order valence-corrected chi connectivity index (χ4v) is 2.14. The summed E-state index contributed by atoms with van der Waals surface area (Å²) in [6, 6.07) is 0. The van der Waals surface area contributed by atoms with Crippen molar-refractivity contribution in [3.63, 3.8) is 0 Å². The SMILES string of the molecule is C/C(CC(C)C)=N\NC(=O)c1nn(C)c(C(F)(F)F)c1Cl. The maximum absolute atomic E-state index is 12.7. The van der Waals surface area contributed by atoms with Gasteiger partial charge in [0, 0.05) is 12.8 Å². The molecule has 0 radical (unpaired) electrons. The highest BCUT2D eigenvalue weighted by Gasteiger charge is 2.39. The Balaban J connectivity index is 2.95. The van der Waals surface area contributed by atoms with Crippen LogP contribution in [0.3, 0.4) is 0 Å². The Morgan fingerprint density at radius 1 is 1.48 bits per heavy atom. The number of alkyl halides is 3. The van der Waals surface area contributed by atoms with Crippen LogP contribution in [0.2, 0.25) is 5.02 Å². The summed E-state index contributed by atoms with van der Waals surface area (Å²) in [5.41, 5.74) is 1.14. The summed E-state index contributed by atoms with van der Waals surface area (Å²) < 4.78 is 38.7. The van der Waals surface area contributed by atoms with E-state index in [1.807, 2.05) is 13.8 Å². The van der Waals surface area contributed by atoms with Gasteiger partial charge >= 0.3 is 6.18 Å². The fraction of sp³-hybridized carbons (Fsp3) is 0.583. The summed E-state index contributed by atoms with van der Waals surface area (Å²) >= 11 is 5.60. The molecule has 1 N–H and O–H groups in total. The van der Waals surface area contributed by atoms with Crippen LogP contribution in [0, 0.1) is 5.92 Å². The predicted molar refractivity (Wildman–Crippen MR) is 73.3 cm³/mol. The van der Waals surface area contributed by atoms with Crippen molar-refractivity contribution in [1.29, 1.82) is 0 Å². The number of hydrogen-bond acceptors (Lipinski definition) is 3. The van der Waals surface area contributed by atoms with Crippen molar-refractivity contribution in [2.75, 3.05) is 0 Å². The molecule has 0 aromatic carbocycles. The Bertz CT molecular complexity index is 564. The van der Waals surface area contributed by atoms with E-state index in [4.69, 9.17) is 11.6 Å². The summed E-state index contributed by atoms with van der Waals surface area (Å²) in [6.07, 6.45) is -4.03. The molecule has 0 unspecified atom stereocenters. The van der Waals surface area contributed by atoms with E-state index in [0.29, 0.717) is 22.7 Å². The third kappa shape index (κ3) is 4.45. The van der Waals surface area contributed by atoms with E-state index < -0.39 is 28.5 Å². The van der Waals surface area contributed by atoms with E-state index in [2.05, 4.69) is 15.6 Å². The first-order chi connectivity index (χ1) is 9.54. The van der Waals surface area contributed by atoms with Crippen molar-refractivity contribution >= 4 is 23.2 Å². The summed E-state index contributed by atoms with van der Waals surface area (Å²) in [5, 5.41) is 6.57. The Morgan fingerprint density at radius 2 is 2.05 bits per heavy atom. The molecule has 5 nitrogen and oxygen atoms in total. The van der Waals surface area contributed by atoms with Crippen molar-refractivity contribution < 1.29 is 18.0 Å². The average molecular weight is 325 g/mol. The van der Waals surface area contributed by atoms with E-state index in [9.17, 15) is 18.0 Å². The zero-order valence-corrected chi connectivity index (χ0v) is 12.8. The van der Waals surface area contributed by atoms with Crippen molar-refractivity contribution in [3.05, 3.63) is 16.4 Å². The number of aromatic nitrogens is 2. The lowest BCUT2D eigenvalue weighted by Crippen LogP contribution is -2.20. The van der Waals surface area contributed by atoms with Crippen LogP contribution in [-0.2, 0) is 13.2 Å². The van der Waals surface area contributed by atoms with E-state index >= 15 is 0 Å². The number of halogens is 4. The Hall–Kier alpha value is -1.57. The quantitative estimate of drug-likeness (QED) is 0.682. The largest absolute Gasteiger partial charge is 0.434 e. The number of nitrogens with one attached hydrogen (secondary N) is 1. The first-order valence-corrected chi connectivity index (χ1v) is 6.55. The van der Waals surface area contributed by atoms with Gasteiger partial charge in [0.05, 0.1) is 0 Å². The molecule has 1 aromatic heterocycles. The molecule has 0 fully saturated rings. The predicted octanol–water partition coefficient (Wildman–Crippen LogP) is 3.24. The zero-order chi connectivity index (χ0) is 16.4. The molecule has 1 rings (SSSR count). The normalized spacial score (nSPS) is 12.9.